The summed E-state index contributed by atoms with van der Waals surface area (Å²) in [5.74, 6) is -0.0960. The van der Waals surface area contributed by atoms with Crippen molar-refractivity contribution >= 4 is 11.6 Å². The lowest BCUT2D eigenvalue weighted by atomic mass is 10.2. The van der Waals surface area contributed by atoms with E-state index in [0.29, 0.717) is 23.8 Å². The van der Waals surface area contributed by atoms with Gasteiger partial charge in [0.1, 0.15) is 5.56 Å². The third-order valence-electron chi connectivity index (χ3n) is 4.15. The van der Waals surface area contributed by atoms with E-state index in [0.717, 1.165) is 19.5 Å². The van der Waals surface area contributed by atoms with E-state index in [1.165, 1.54) is 12.8 Å². The summed E-state index contributed by atoms with van der Waals surface area (Å²) < 4.78 is 1.62. The molecule has 0 saturated carbocycles. The smallest absolute Gasteiger partial charge is 0.256 e. The molecular formula is C15H21N5O. The Kier molecular flexibility index (Phi) is 4.15. The first-order valence-corrected chi connectivity index (χ1v) is 7.60. The van der Waals surface area contributed by atoms with Gasteiger partial charge in [-0.05, 0) is 38.4 Å². The van der Waals surface area contributed by atoms with Crippen molar-refractivity contribution in [3.63, 3.8) is 0 Å². The number of carbonyl (C=O) groups is 1. The second-order valence-electron chi connectivity index (χ2n) is 5.46. The Bertz CT molecular complexity index is 617. The minimum absolute atomic E-state index is 0.0960. The fraction of sp³-hybridized carbons (Fsp3) is 0.533. The monoisotopic (exact) mass is 287 g/mol. The molecule has 0 bridgehead atoms. The first kappa shape index (κ1) is 14.0. The van der Waals surface area contributed by atoms with Crippen LogP contribution in [0.15, 0.2) is 24.7 Å². The second-order valence-corrected chi connectivity index (χ2v) is 5.46. The maximum Gasteiger partial charge on any atom is 0.256 e. The molecule has 0 unspecified atom stereocenters. The van der Waals surface area contributed by atoms with Crippen LogP contribution in [0.3, 0.4) is 0 Å². The van der Waals surface area contributed by atoms with Gasteiger partial charge < -0.3 is 5.32 Å². The number of nitrogens with zero attached hydrogens (tertiary/aromatic N) is 4. The largest absolute Gasteiger partial charge is 0.350 e. The second kappa shape index (κ2) is 6.22. The highest BCUT2D eigenvalue weighted by molar-refractivity contribution is 5.99. The summed E-state index contributed by atoms with van der Waals surface area (Å²) in [4.78, 5) is 19.0. The molecule has 6 nitrogen and oxygen atoms in total. The van der Waals surface area contributed by atoms with Crippen LogP contribution in [0, 0.1) is 0 Å². The number of likely N-dealkylation sites (tertiary alicyclic amines) is 1. The number of fused-ring (bicyclic) bond motifs is 1. The molecule has 1 atom stereocenters. The van der Waals surface area contributed by atoms with Gasteiger partial charge in [-0.15, -0.1) is 0 Å². The van der Waals surface area contributed by atoms with E-state index in [1.807, 2.05) is 0 Å². The van der Waals surface area contributed by atoms with Gasteiger partial charge >= 0.3 is 0 Å². The lowest BCUT2D eigenvalue weighted by Gasteiger charge is -2.26. The first-order valence-electron chi connectivity index (χ1n) is 7.60. The first-order chi connectivity index (χ1) is 10.3. The minimum atomic E-state index is -0.0960. The van der Waals surface area contributed by atoms with Crippen LogP contribution in [0.5, 0.6) is 0 Å². The van der Waals surface area contributed by atoms with E-state index in [9.17, 15) is 4.79 Å². The van der Waals surface area contributed by atoms with Crippen LogP contribution in [0.25, 0.3) is 5.65 Å². The van der Waals surface area contributed by atoms with Gasteiger partial charge in [-0.1, -0.05) is 6.92 Å². The molecule has 0 aromatic carbocycles. The number of hydrogen-bond donors (Lipinski definition) is 1. The van der Waals surface area contributed by atoms with Crippen molar-refractivity contribution in [2.75, 3.05) is 19.6 Å². The molecule has 0 aliphatic carbocycles. The summed E-state index contributed by atoms with van der Waals surface area (Å²) in [6, 6.07) is 2.22. The lowest BCUT2D eigenvalue weighted by molar-refractivity contribution is 0.0938. The van der Waals surface area contributed by atoms with E-state index in [-0.39, 0.29) is 5.91 Å². The standard InChI is InChI=1S/C15H21N5O/c1-2-12(19-7-3-4-8-19)10-17-15(21)13-11-18-20-9-5-6-16-14(13)20/h5-6,9,11-12H,2-4,7-8,10H2,1H3,(H,17,21)/t12-/m0/s1. The molecule has 1 fully saturated rings. The molecule has 1 aliphatic heterocycles. The summed E-state index contributed by atoms with van der Waals surface area (Å²) >= 11 is 0. The number of aromatic nitrogens is 3. The summed E-state index contributed by atoms with van der Waals surface area (Å²) in [6.45, 7) is 5.14. The van der Waals surface area contributed by atoms with Crippen molar-refractivity contribution in [2.45, 2.75) is 32.2 Å². The van der Waals surface area contributed by atoms with E-state index in [1.54, 1.807) is 29.2 Å². The number of nitrogens with one attached hydrogen (secondary N) is 1. The highest BCUT2D eigenvalue weighted by Gasteiger charge is 2.21. The van der Waals surface area contributed by atoms with Gasteiger partial charge in [0.15, 0.2) is 5.65 Å². The molecule has 3 heterocycles. The zero-order chi connectivity index (χ0) is 14.7. The fourth-order valence-corrected chi connectivity index (χ4v) is 2.93. The molecule has 1 saturated heterocycles. The van der Waals surface area contributed by atoms with Gasteiger partial charge in [0.2, 0.25) is 0 Å². The zero-order valence-corrected chi connectivity index (χ0v) is 12.3. The lowest BCUT2D eigenvalue weighted by Crippen LogP contribution is -2.42. The van der Waals surface area contributed by atoms with Crippen LogP contribution in [-0.2, 0) is 0 Å². The van der Waals surface area contributed by atoms with Crippen LogP contribution in [0.2, 0.25) is 0 Å². The summed E-state index contributed by atoms with van der Waals surface area (Å²) in [6.07, 6.45) is 8.62. The molecule has 2 aromatic rings. The van der Waals surface area contributed by atoms with E-state index < -0.39 is 0 Å². The van der Waals surface area contributed by atoms with Crippen molar-refractivity contribution in [3.8, 4) is 0 Å². The van der Waals surface area contributed by atoms with Gasteiger partial charge in [-0.3, -0.25) is 9.69 Å². The van der Waals surface area contributed by atoms with Gasteiger partial charge in [-0.25, -0.2) is 9.50 Å². The molecule has 1 aliphatic rings. The predicted octanol–water partition coefficient (Wildman–Crippen LogP) is 1.33. The Morgan fingerprint density at radius 2 is 2.24 bits per heavy atom. The van der Waals surface area contributed by atoms with E-state index in [2.05, 4.69) is 27.2 Å². The van der Waals surface area contributed by atoms with Gasteiger partial charge in [0.05, 0.1) is 6.20 Å². The Morgan fingerprint density at radius 3 is 3.00 bits per heavy atom. The van der Waals surface area contributed by atoms with Gasteiger partial charge in [0, 0.05) is 25.0 Å². The topological polar surface area (TPSA) is 62.5 Å². The highest BCUT2D eigenvalue weighted by atomic mass is 16.1. The number of rotatable bonds is 5. The molecule has 6 heteroatoms. The Morgan fingerprint density at radius 1 is 1.43 bits per heavy atom. The summed E-state index contributed by atoms with van der Waals surface area (Å²) in [7, 11) is 0. The third kappa shape index (κ3) is 2.90. The summed E-state index contributed by atoms with van der Waals surface area (Å²) in [5, 5.41) is 7.18. The average Bonchev–Trinajstić information content (AvgIpc) is 3.17. The quantitative estimate of drug-likeness (QED) is 0.901. The predicted molar refractivity (Wildman–Crippen MR) is 80.2 cm³/mol. The zero-order valence-electron chi connectivity index (χ0n) is 12.3. The molecule has 21 heavy (non-hydrogen) atoms. The van der Waals surface area contributed by atoms with Crippen molar-refractivity contribution < 1.29 is 4.79 Å². The molecule has 2 aromatic heterocycles. The van der Waals surface area contributed by atoms with Crippen LogP contribution in [0.4, 0.5) is 0 Å². The molecule has 0 spiro atoms. The van der Waals surface area contributed by atoms with Gasteiger partial charge in [-0.2, -0.15) is 5.10 Å². The number of carbonyl (C=O) groups excluding carboxylic acids is 1. The number of amides is 1. The molecule has 1 N–H and O–H groups in total. The van der Waals surface area contributed by atoms with Crippen LogP contribution < -0.4 is 5.32 Å². The Balaban J connectivity index is 1.65. The average molecular weight is 287 g/mol. The summed E-state index contributed by atoms with van der Waals surface area (Å²) in [5.41, 5.74) is 1.14. The maximum absolute atomic E-state index is 12.3. The van der Waals surface area contributed by atoms with Crippen molar-refractivity contribution in [2.24, 2.45) is 0 Å². The third-order valence-corrected chi connectivity index (χ3v) is 4.15. The van der Waals surface area contributed by atoms with Crippen LogP contribution in [-0.4, -0.2) is 51.1 Å². The van der Waals surface area contributed by atoms with Crippen LogP contribution >= 0.6 is 0 Å². The normalized spacial score (nSPS) is 17.2. The Labute approximate surface area is 124 Å². The van der Waals surface area contributed by atoms with E-state index >= 15 is 0 Å². The molecule has 1 amide bonds. The molecular weight excluding hydrogens is 266 g/mol. The van der Waals surface area contributed by atoms with Crippen LogP contribution in [0.1, 0.15) is 36.5 Å². The number of hydrogen-bond acceptors (Lipinski definition) is 4. The van der Waals surface area contributed by atoms with E-state index in [4.69, 9.17) is 0 Å². The minimum Gasteiger partial charge on any atom is -0.350 e. The van der Waals surface area contributed by atoms with Gasteiger partial charge in [0.25, 0.3) is 5.91 Å². The molecule has 112 valence electrons. The van der Waals surface area contributed by atoms with Crippen molar-refractivity contribution in [1.82, 2.24) is 24.8 Å². The SMILES string of the molecule is CC[C@@H](CNC(=O)c1cnn2cccnc12)N1CCCC1. The molecule has 3 rings (SSSR count). The fourth-order valence-electron chi connectivity index (χ4n) is 2.93. The molecule has 0 radical (unpaired) electrons. The maximum atomic E-state index is 12.3. The Hall–Kier alpha value is -1.95. The van der Waals surface area contributed by atoms with Crippen molar-refractivity contribution in [3.05, 3.63) is 30.2 Å². The highest BCUT2D eigenvalue weighted by Crippen LogP contribution is 2.14. The van der Waals surface area contributed by atoms with Crippen molar-refractivity contribution in [1.29, 1.82) is 0 Å².